The number of pyridine rings is 1. The molecule has 0 radical (unpaired) electrons. The van der Waals surface area contributed by atoms with Gasteiger partial charge in [0.2, 0.25) is 0 Å². The molecule has 6 heteroatoms. The molecule has 4 aliphatic carbocycles. The lowest BCUT2D eigenvalue weighted by Crippen LogP contribution is -2.68. The third-order valence-corrected chi connectivity index (χ3v) is 6.58. The zero-order valence-corrected chi connectivity index (χ0v) is 17.4. The molecule has 1 aromatic carbocycles. The summed E-state index contributed by atoms with van der Waals surface area (Å²) in [5.41, 5.74) is 9.05. The van der Waals surface area contributed by atoms with Gasteiger partial charge in [-0.15, -0.1) is 24.8 Å². The van der Waals surface area contributed by atoms with Crippen molar-refractivity contribution in [1.82, 2.24) is 10.3 Å². The number of aromatic nitrogens is 1. The molecule has 0 saturated heterocycles. The van der Waals surface area contributed by atoms with Crippen molar-refractivity contribution >= 4 is 30.7 Å². The van der Waals surface area contributed by atoms with E-state index in [1.54, 1.807) is 6.20 Å². The first-order valence-electron chi connectivity index (χ1n) is 9.66. The summed E-state index contributed by atoms with van der Waals surface area (Å²) in [7, 11) is 0. The van der Waals surface area contributed by atoms with Crippen LogP contribution in [-0.2, 0) is 0 Å². The number of rotatable bonds is 3. The van der Waals surface area contributed by atoms with Crippen LogP contribution < -0.4 is 11.1 Å². The van der Waals surface area contributed by atoms with Crippen LogP contribution >= 0.6 is 24.8 Å². The number of carbonyl (C=O) groups excluding carboxylic acids is 1. The fourth-order valence-electron chi connectivity index (χ4n) is 6.10. The number of nitrogens with two attached hydrogens (primary N) is 1. The summed E-state index contributed by atoms with van der Waals surface area (Å²) in [5, 5.41) is 3.37. The van der Waals surface area contributed by atoms with Crippen LogP contribution in [0.3, 0.4) is 0 Å². The number of carbonyl (C=O) groups is 1. The van der Waals surface area contributed by atoms with E-state index in [1.807, 2.05) is 42.5 Å². The fourth-order valence-corrected chi connectivity index (χ4v) is 6.10. The van der Waals surface area contributed by atoms with E-state index in [-0.39, 0.29) is 41.8 Å². The molecule has 4 nitrogen and oxygen atoms in total. The quantitative estimate of drug-likeness (QED) is 0.775. The van der Waals surface area contributed by atoms with Crippen molar-refractivity contribution in [3.63, 3.8) is 0 Å². The largest absolute Gasteiger partial charge is 0.346 e. The van der Waals surface area contributed by atoms with Crippen LogP contribution in [0.25, 0.3) is 11.3 Å². The molecule has 1 aromatic heterocycles. The highest BCUT2D eigenvalue weighted by Gasteiger charge is 2.56. The normalized spacial score (nSPS) is 32.2. The molecule has 150 valence electrons. The number of hydrogen-bond acceptors (Lipinski definition) is 3. The topological polar surface area (TPSA) is 68.0 Å². The van der Waals surface area contributed by atoms with Gasteiger partial charge in [-0.2, -0.15) is 0 Å². The Morgan fingerprint density at radius 1 is 1.00 bits per heavy atom. The van der Waals surface area contributed by atoms with Crippen LogP contribution in [0.1, 0.15) is 48.9 Å². The molecule has 4 fully saturated rings. The summed E-state index contributed by atoms with van der Waals surface area (Å²) < 4.78 is 0. The van der Waals surface area contributed by atoms with Gasteiger partial charge in [0.1, 0.15) is 0 Å². The van der Waals surface area contributed by atoms with Gasteiger partial charge in [0.15, 0.2) is 0 Å². The van der Waals surface area contributed by atoms with Crippen LogP contribution in [0, 0.1) is 11.8 Å². The van der Waals surface area contributed by atoms with Crippen molar-refractivity contribution in [3.8, 4) is 11.3 Å². The van der Waals surface area contributed by atoms with E-state index in [2.05, 4.69) is 10.3 Å². The minimum atomic E-state index is -0.103. The Bertz CT molecular complexity index is 827. The summed E-state index contributed by atoms with van der Waals surface area (Å²) in [6, 6.07) is 13.8. The molecule has 4 aliphatic rings. The van der Waals surface area contributed by atoms with Gasteiger partial charge in [-0.25, -0.2) is 0 Å². The molecular formula is C22H27Cl2N3O. The van der Waals surface area contributed by atoms with Gasteiger partial charge in [-0.05, 0) is 62.5 Å². The van der Waals surface area contributed by atoms with E-state index < -0.39 is 0 Å². The Balaban J connectivity index is 0.00000112. The molecule has 1 heterocycles. The third kappa shape index (κ3) is 3.78. The predicted molar refractivity (Wildman–Crippen MR) is 116 cm³/mol. The number of nitrogens with one attached hydrogen (secondary N) is 1. The summed E-state index contributed by atoms with van der Waals surface area (Å²) in [4.78, 5) is 17.4. The molecule has 6 rings (SSSR count). The minimum absolute atomic E-state index is 0. The molecule has 4 saturated carbocycles. The van der Waals surface area contributed by atoms with Gasteiger partial charge in [0.05, 0.1) is 11.3 Å². The summed E-state index contributed by atoms with van der Waals surface area (Å²) >= 11 is 0. The lowest BCUT2D eigenvalue weighted by Gasteiger charge is -2.61. The first kappa shape index (κ1) is 21.1. The maximum atomic E-state index is 12.9. The van der Waals surface area contributed by atoms with E-state index in [0.29, 0.717) is 17.4 Å². The number of halogens is 2. The van der Waals surface area contributed by atoms with Crippen LogP contribution in [0.5, 0.6) is 0 Å². The van der Waals surface area contributed by atoms with Crippen molar-refractivity contribution in [3.05, 3.63) is 54.2 Å². The zero-order chi connectivity index (χ0) is 17.8. The van der Waals surface area contributed by atoms with E-state index in [4.69, 9.17) is 5.73 Å². The molecule has 2 unspecified atom stereocenters. The van der Waals surface area contributed by atoms with Crippen LogP contribution in [-0.4, -0.2) is 22.0 Å². The number of benzene rings is 1. The number of hydrogen-bond donors (Lipinski definition) is 2. The van der Waals surface area contributed by atoms with E-state index >= 15 is 0 Å². The van der Waals surface area contributed by atoms with E-state index in [9.17, 15) is 4.79 Å². The Morgan fingerprint density at radius 2 is 1.68 bits per heavy atom. The molecular weight excluding hydrogens is 393 g/mol. The van der Waals surface area contributed by atoms with Crippen molar-refractivity contribution in [1.29, 1.82) is 0 Å². The monoisotopic (exact) mass is 419 g/mol. The van der Waals surface area contributed by atoms with E-state index in [0.717, 1.165) is 43.4 Å². The van der Waals surface area contributed by atoms with Gasteiger partial charge in [-0.1, -0.05) is 30.3 Å². The molecule has 4 atom stereocenters. The van der Waals surface area contributed by atoms with Crippen molar-refractivity contribution < 1.29 is 4.79 Å². The lowest BCUT2D eigenvalue weighted by molar-refractivity contribution is -0.0320. The molecule has 0 spiro atoms. The van der Waals surface area contributed by atoms with Gasteiger partial charge in [0, 0.05) is 22.8 Å². The molecule has 0 aliphatic heterocycles. The summed E-state index contributed by atoms with van der Waals surface area (Å²) in [5.74, 6) is 1.35. The molecule has 28 heavy (non-hydrogen) atoms. The number of nitrogens with zero attached hydrogens (tertiary/aromatic N) is 1. The average Bonchev–Trinajstić information content (AvgIpc) is 2.60. The van der Waals surface area contributed by atoms with Gasteiger partial charge in [0.25, 0.3) is 5.91 Å². The van der Waals surface area contributed by atoms with Crippen molar-refractivity contribution in [2.45, 2.75) is 49.6 Å². The Morgan fingerprint density at radius 3 is 2.25 bits per heavy atom. The summed E-state index contributed by atoms with van der Waals surface area (Å²) in [6.45, 7) is 0. The second-order valence-corrected chi connectivity index (χ2v) is 8.86. The van der Waals surface area contributed by atoms with Crippen LogP contribution in [0.2, 0.25) is 0 Å². The SMILES string of the molecule is Cl.Cl.NC12C[C@H]3C[C@@H](C1)CC(NC(=O)c1ccc(-c4ccccc4)nc1)(C3)C2. The first-order chi connectivity index (χ1) is 12.5. The fraction of sp³-hybridized carbons (Fsp3) is 0.455. The van der Waals surface area contributed by atoms with Gasteiger partial charge in [-0.3, -0.25) is 9.78 Å². The highest BCUT2D eigenvalue weighted by Crippen LogP contribution is 2.56. The molecule has 4 bridgehead atoms. The second-order valence-electron chi connectivity index (χ2n) is 8.86. The Kier molecular flexibility index (Phi) is 5.77. The third-order valence-electron chi connectivity index (χ3n) is 6.58. The Hall–Kier alpha value is -1.62. The van der Waals surface area contributed by atoms with Crippen molar-refractivity contribution in [2.75, 3.05) is 0 Å². The first-order valence-corrected chi connectivity index (χ1v) is 9.66. The van der Waals surface area contributed by atoms with Crippen LogP contribution in [0.4, 0.5) is 0 Å². The smallest absolute Gasteiger partial charge is 0.253 e. The second kappa shape index (κ2) is 7.66. The highest BCUT2D eigenvalue weighted by atomic mass is 35.5. The number of amides is 1. The lowest BCUT2D eigenvalue weighted by atomic mass is 9.50. The zero-order valence-electron chi connectivity index (χ0n) is 15.8. The average molecular weight is 420 g/mol. The van der Waals surface area contributed by atoms with Crippen molar-refractivity contribution in [2.24, 2.45) is 17.6 Å². The predicted octanol–water partition coefficient (Wildman–Crippen LogP) is 4.37. The maximum Gasteiger partial charge on any atom is 0.253 e. The molecule has 2 aromatic rings. The van der Waals surface area contributed by atoms with E-state index in [1.165, 1.54) is 6.42 Å². The standard InChI is InChI=1S/C22H25N3O.2ClH/c23-21-9-15-8-16(10-21)12-22(11-15,14-21)25-20(26)18-6-7-19(24-13-18)17-4-2-1-3-5-17;;/h1-7,13,15-16H,8-12,14,23H2,(H,25,26);2*1H/t15-,16+,21?,22?;;. The van der Waals surface area contributed by atoms with Gasteiger partial charge < -0.3 is 11.1 Å². The maximum absolute atomic E-state index is 12.9. The molecule has 3 N–H and O–H groups in total. The highest BCUT2D eigenvalue weighted by molar-refractivity contribution is 5.94. The van der Waals surface area contributed by atoms with Gasteiger partial charge >= 0.3 is 0 Å². The Labute approximate surface area is 178 Å². The summed E-state index contributed by atoms with van der Waals surface area (Å²) in [6.07, 6.45) is 8.35. The minimum Gasteiger partial charge on any atom is -0.346 e. The molecule has 1 amide bonds. The van der Waals surface area contributed by atoms with Crippen LogP contribution in [0.15, 0.2) is 48.7 Å².